The molecule has 26 heavy (non-hydrogen) atoms. The SMILES string of the molecule is O=C(NCCc1ccc(OC(F)(F)F)cc1)NC1CCCc2occc21. The zero-order valence-corrected chi connectivity index (χ0v) is 13.9. The van der Waals surface area contributed by atoms with Gasteiger partial charge in [0.2, 0.25) is 0 Å². The lowest BCUT2D eigenvalue weighted by Gasteiger charge is -2.22. The van der Waals surface area contributed by atoms with Gasteiger partial charge in [-0.25, -0.2) is 4.79 Å². The second-order valence-electron chi connectivity index (χ2n) is 6.09. The summed E-state index contributed by atoms with van der Waals surface area (Å²) in [4.78, 5) is 12.0. The van der Waals surface area contributed by atoms with Crippen molar-refractivity contribution in [2.24, 2.45) is 0 Å². The summed E-state index contributed by atoms with van der Waals surface area (Å²) in [6, 6.07) is 7.14. The number of ether oxygens (including phenoxy) is 1. The van der Waals surface area contributed by atoms with Crippen molar-refractivity contribution in [2.45, 2.75) is 38.1 Å². The van der Waals surface area contributed by atoms with Crippen LogP contribution in [0.25, 0.3) is 0 Å². The molecule has 2 aromatic rings. The molecule has 1 aliphatic carbocycles. The molecule has 0 bridgehead atoms. The highest BCUT2D eigenvalue weighted by Gasteiger charge is 2.31. The van der Waals surface area contributed by atoms with Gasteiger partial charge in [-0.3, -0.25) is 0 Å². The Morgan fingerprint density at radius 1 is 1.23 bits per heavy atom. The van der Waals surface area contributed by atoms with E-state index < -0.39 is 6.36 Å². The van der Waals surface area contributed by atoms with Crippen molar-refractivity contribution >= 4 is 6.03 Å². The lowest BCUT2D eigenvalue weighted by atomic mass is 9.93. The van der Waals surface area contributed by atoms with Crippen LogP contribution in [0.2, 0.25) is 0 Å². The minimum Gasteiger partial charge on any atom is -0.469 e. The second-order valence-corrected chi connectivity index (χ2v) is 6.09. The molecule has 5 nitrogen and oxygen atoms in total. The van der Waals surface area contributed by atoms with Crippen LogP contribution < -0.4 is 15.4 Å². The van der Waals surface area contributed by atoms with Crippen molar-refractivity contribution in [3.8, 4) is 5.75 Å². The summed E-state index contributed by atoms with van der Waals surface area (Å²) in [6.07, 6.45) is 0.139. The first-order chi connectivity index (χ1) is 12.4. The molecule has 3 rings (SSSR count). The van der Waals surface area contributed by atoms with Gasteiger partial charge in [0.15, 0.2) is 0 Å². The molecular formula is C18H19F3N2O3. The highest BCUT2D eigenvalue weighted by atomic mass is 19.4. The quantitative estimate of drug-likeness (QED) is 0.835. The largest absolute Gasteiger partial charge is 0.573 e. The van der Waals surface area contributed by atoms with Crippen molar-refractivity contribution in [2.75, 3.05) is 6.54 Å². The van der Waals surface area contributed by atoms with Gasteiger partial charge in [-0.1, -0.05) is 12.1 Å². The van der Waals surface area contributed by atoms with Crippen LogP contribution in [0.15, 0.2) is 41.0 Å². The Morgan fingerprint density at radius 2 is 2.00 bits per heavy atom. The zero-order chi connectivity index (χ0) is 18.6. The average Bonchev–Trinajstić information content (AvgIpc) is 3.05. The topological polar surface area (TPSA) is 63.5 Å². The van der Waals surface area contributed by atoms with Crippen LogP contribution in [0.3, 0.4) is 0 Å². The van der Waals surface area contributed by atoms with Crippen molar-refractivity contribution < 1.29 is 27.1 Å². The van der Waals surface area contributed by atoms with E-state index in [1.165, 1.54) is 12.1 Å². The maximum absolute atomic E-state index is 12.1. The molecule has 140 valence electrons. The predicted octanol–water partition coefficient (Wildman–Crippen LogP) is 4.10. The number of hydrogen-bond acceptors (Lipinski definition) is 3. The third kappa shape index (κ3) is 4.93. The number of nitrogens with one attached hydrogen (secondary N) is 2. The zero-order valence-electron chi connectivity index (χ0n) is 13.9. The van der Waals surface area contributed by atoms with Crippen LogP contribution in [0.5, 0.6) is 5.75 Å². The number of furan rings is 1. The smallest absolute Gasteiger partial charge is 0.469 e. The summed E-state index contributed by atoms with van der Waals surface area (Å²) >= 11 is 0. The molecule has 0 saturated carbocycles. The van der Waals surface area contributed by atoms with E-state index in [0.717, 1.165) is 36.1 Å². The van der Waals surface area contributed by atoms with E-state index >= 15 is 0 Å². The first kappa shape index (κ1) is 18.2. The molecular weight excluding hydrogens is 349 g/mol. The van der Waals surface area contributed by atoms with Crippen molar-refractivity contribution in [3.63, 3.8) is 0 Å². The summed E-state index contributed by atoms with van der Waals surface area (Å²) in [5.74, 6) is 0.655. The highest BCUT2D eigenvalue weighted by molar-refractivity contribution is 5.74. The van der Waals surface area contributed by atoms with E-state index in [2.05, 4.69) is 15.4 Å². The minimum atomic E-state index is -4.70. The van der Waals surface area contributed by atoms with Gasteiger partial charge in [0.05, 0.1) is 12.3 Å². The van der Waals surface area contributed by atoms with Crippen LogP contribution in [0, 0.1) is 0 Å². The van der Waals surface area contributed by atoms with Crippen LogP contribution >= 0.6 is 0 Å². The second kappa shape index (κ2) is 7.72. The van der Waals surface area contributed by atoms with Crippen molar-refractivity contribution in [1.29, 1.82) is 0 Å². The molecule has 2 amide bonds. The minimum absolute atomic E-state index is 0.0590. The third-order valence-corrected chi connectivity index (χ3v) is 4.21. The molecule has 1 unspecified atom stereocenters. The molecule has 1 aromatic heterocycles. The molecule has 2 N–H and O–H groups in total. The van der Waals surface area contributed by atoms with E-state index in [-0.39, 0.29) is 17.8 Å². The van der Waals surface area contributed by atoms with E-state index in [0.29, 0.717) is 13.0 Å². The number of halogens is 3. The van der Waals surface area contributed by atoms with Crippen LogP contribution in [-0.2, 0) is 12.8 Å². The number of amides is 2. The number of fused-ring (bicyclic) bond motifs is 1. The lowest BCUT2D eigenvalue weighted by Crippen LogP contribution is -2.39. The fraction of sp³-hybridized carbons (Fsp3) is 0.389. The Kier molecular flexibility index (Phi) is 5.39. The fourth-order valence-electron chi connectivity index (χ4n) is 3.02. The first-order valence-electron chi connectivity index (χ1n) is 8.36. The monoisotopic (exact) mass is 368 g/mol. The molecule has 1 aliphatic rings. The molecule has 0 fully saturated rings. The van der Waals surface area contributed by atoms with Gasteiger partial charge in [0, 0.05) is 18.5 Å². The van der Waals surface area contributed by atoms with E-state index in [1.807, 2.05) is 6.07 Å². The molecule has 1 heterocycles. The molecule has 0 spiro atoms. The van der Waals surface area contributed by atoms with Gasteiger partial charge in [-0.15, -0.1) is 13.2 Å². The van der Waals surface area contributed by atoms with E-state index in [4.69, 9.17) is 4.42 Å². The Balaban J connectivity index is 1.43. The van der Waals surface area contributed by atoms with E-state index in [1.54, 1.807) is 18.4 Å². The number of hydrogen-bond donors (Lipinski definition) is 2. The fourth-order valence-corrected chi connectivity index (χ4v) is 3.02. The third-order valence-electron chi connectivity index (χ3n) is 4.21. The Labute approximate surface area is 148 Å². The average molecular weight is 368 g/mol. The first-order valence-corrected chi connectivity index (χ1v) is 8.36. The van der Waals surface area contributed by atoms with Gasteiger partial charge >= 0.3 is 12.4 Å². The number of rotatable bonds is 5. The Morgan fingerprint density at radius 3 is 2.73 bits per heavy atom. The molecule has 0 radical (unpaired) electrons. The van der Waals surface area contributed by atoms with Gasteiger partial charge in [-0.2, -0.15) is 0 Å². The maximum Gasteiger partial charge on any atom is 0.573 e. The van der Waals surface area contributed by atoms with Crippen LogP contribution in [0.4, 0.5) is 18.0 Å². The molecule has 1 aromatic carbocycles. The maximum atomic E-state index is 12.1. The van der Waals surface area contributed by atoms with Crippen molar-refractivity contribution in [3.05, 3.63) is 53.5 Å². The number of aryl methyl sites for hydroxylation is 1. The number of benzene rings is 1. The standard InChI is InChI=1S/C18H19F3N2O3/c19-18(20,21)26-13-6-4-12(5-7-13)8-10-22-17(24)23-15-2-1-3-16-14(15)9-11-25-16/h4-7,9,11,15H,1-3,8,10H2,(H2,22,23,24). The van der Waals surface area contributed by atoms with E-state index in [9.17, 15) is 18.0 Å². The number of alkyl halides is 3. The van der Waals surface area contributed by atoms with Gasteiger partial charge in [0.25, 0.3) is 0 Å². The summed E-state index contributed by atoms with van der Waals surface area (Å²) in [5.41, 5.74) is 1.82. The highest BCUT2D eigenvalue weighted by Crippen LogP contribution is 2.30. The summed E-state index contributed by atoms with van der Waals surface area (Å²) in [5, 5.41) is 5.69. The normalized spacial score (nSPS) is 16.7. The number of carbonyl (C=O) groups is 1. The predicted molar refractivity (Wildman–Crippen MR) is 87.8 cm³/mol. The molecule has 1 atom stereocenters. The van der Waals surface area contributed by atoms with Gasteiger partial charge in [-0.05, 0) is 43.0 Å². The van der Waals surface area contributed by atoms with Crippen LogP contribution in [-0.4, -0.2) is 18.9 Å². The molecule has 0 saturated heterocycles. The summed E-state index contributed by atoms with van der Waals surface area (Å²) < 4.78 is 45.6. The summed E-state index contributed by atoms with van der Waals surface area (Å²) in [7, 11) is 0. The Bertz CT molecular complexity index is 741. The van der Waals surface area contributed by atoms with Gasteiger partial charge < -0.3 is 19.8 Å². The number of urea groups is 1. The molecule has 8 heteroatoms. The van der Waals surface area contributed by atoms with Gasteiger partial charge in [0.1, 0.15) is 11.5 Å². The lowest BCUT2D eigenvalue weighted by molar-refractivity contribution is -0.274. The summed E-state index contributed by atoms with van der Waals surface area (Å²) in [6.45, 7) is 0.371. The Hall–Kier alpha value is -2.64. The molecule has 0 aliphatic heterocycles. The number of carbonyl (C=O) groups excluding carboxylic acids is 1. The van der Waals surface area contributed by atoms with Crippen LogP contribution in [0.1, 0.15) is 35.8 Å². The van der Waals surface area contributed by atoms with Crippen molar-refractivity contribution in [1.82, 2.24) is 10.6 Å².